The van der Waals surface area contributed by atoms with Crippen LogP contribution in [0.1, 0.15) is 16.7 Å². The van der Waals surface area contributed by atoms with Gasteiger partial charge >= 0.3 is 0 Å². The van der Waals surface area contributed by atoms with Crippen molar-refractivity contribution in [1.82, 2.24) is 5.32 Å². The Labute approximate surface area is 134 Å². The predicted molar refractivity (Wildman–Crippen MR) is 86.6 cm³/mol. The molecule has 0 aromatic heterocycles. The van der Waals surface area contributed by atoms with Gasteiger partial charge < -0.3 is 15.7 Å². The lowest BCUT2D eigenvalue weighted by molar-refractivity contribution is -0.119. The summed E-state index contributed by atoms with van der Waals surface area (Å²) in [5.41, 5.74) is 3.97. The molecule has 0 aliphatic heterocycles. The highest BCUT2D eigenvalue weighted by molar-refractivity contribution is 5.81. The zero-order chi connectivity index (χ0) is 16.2. The fraction of sp³-hybridized carbons (Fsp3) is 0.278. The molecule has 1 amide bonds. The van der Waals surface area contributed by atoms with Crippen molar-refractivity contribution in [3.63, 3.8) is 0 Å². The van der Waals surface area contributed by atoms with Crippen molar-refractivity contribution in [2.75, 3.05) is 11.9 Å². The molecular formula is C18H19FN2O2. The van der Waals surface area contributed by atoms with Crippen LogP contribution >= 0.6 is 0 Å². The van der Waals surface area contributed by atoms with E-state index in [1.807, 2.05) is 18.2 Å². The summed E-state index contributed by atoms with van der Waals surface area (Å²) >= 11 is 0. The lowest BCUT2D eigenvalue weighted by Crippen LogP contribution is -2.29. The maximum Gasteiger partial charge on any atom is 0.239 e. The van der Waals surface area contributed by atoms with Crippen molar-refractivity contribution in [3.8, 4) is 0 Å². The molecule has 23 heavy (non-hydrogen) atoms. The minimum absolute atomic E-state index is 0.134. The molecule has 2 aromatic rings. The summed E-state index contributed by atoms with van der Waals surface area (Å²) in [7, 11) is 0. The minimum atomic E-state index is -0.333. The van der Waals surface area contributed by atoms with Gasteiger partial charge in [0.1, 0.15) is 5.82 Å². The quantitative estimate of drug-likeness (QED) is 0.791. The second-order valence-electron chi connectivity index (χ2n) is 5.76. The highest BCUT2D eigenvalue weighted by Crippen LogP contribution is 2.28. The largest absolute Gasteiger partial charge is 0.392 e. The summed E-state index contributed by atoms with van der Waals surface area (Å²) in [4.78, 5) is 11.9. The lowest BCUT2D eigenvalue weighted by Gasteiger charge is -2.11. The van der Waals surface area contributed by atoms with Gasteiger partial charge in [0.05, 0.1) is 12.6 Å². The molecule has 0 bridgehead atoms. The number of rotatable bonds is 5. The number of hydrogen-bond acceptors (Lipinski definition) is 3. The number of aliphatic hydroxyl groups is 1. The molecule has 1 unspecified atom stereocenters. The van der Waals surface area contributed by atoms with Crippen LogP contribution in [0.15, 0.2) is 42.5 Å². The normalized spacial score (nSPS) is 16.0. The minimum Gasteiger partial charge on any atom is -0.392 e. The summed E-state index contributed by atoms with van der Waals surface area (Å²) in [6.07, 6.45) is 0.956. The van der Waals surface area contributed by atoms with Crippen molar-refractivity contribution >= 4 is 11.6 Å². The van der Waals surface area contributed by atoms with Crippen LogP contribution in [0.2, 0.25) is 0 Å². The Hall–Kier alpha value is -2.40. The predicted octanol–water partition coefficient (Wildman–Crippen LogP) is 2.01. The zero-order valence-corrected chi connectivity index (χ0v) is 12.7. The van der Waals surface area contributed by atoms with E-state index in [9.17, 15) is 14.3 Å². The first kappa shape index (κ1) is 15.5. The van der Waals surface area contributed by atoms with Crippen molar-refractivity contribution in [2.45, 2.75) is 25.5 Å². The number of hydrogen-bond donors (Lipinski definition) is 3. The molecule has 0 saturated carbocycles. The number of halogens is 1. The smallest absolute Gasteiger partial charge is 0.239 e. The van der Waals surface area contributed by atoms with Crippen LogP contribution in [0.5, 0.6) is 0 Å². The zero-order valence-electron chi connectivity index (χ0n) is 12.7. The third-order valence-electron chi connectivity index (χ3n) is 4.01. The number of fused-ring (bicyclic) bond motifs is 1. The molecule has 5 heteroatoms. The summed E-state index contributed by atoms with van der Waals surface area (Å²) in [5.74, 6) is -0.424. The van der Waals surface area contributed by atoms with Crippen LogP contribution in [-0.4, -0.2) is 23.7 Å². The van der Waals surface area contributed by atoms with Crippen LogP contribution in [0.3, 0.4) is 0 Å². The van der Waals surface area contributed by atoms with Gasteiger partial charge in [0.25, 0.3) is 0 Å². The Kier molecular flexibility index (Phi) is 4.57. The number of anilines is 1. The molecule has 0 heterocycles. The van der Waals surface area contributed by atoms with Gasteiger partial charge in [0, 0.05) is 18.7 Å². The summed E-state index contributed by atoms with van der Waals surface area (Å²) in [5, 5.41) is 15.7. The first-order chi connectivity index (χ1) is 11.1. The summed E-state index contributed by atoms with van der Waals surface area (Å²) in [6, 6.07) is 11.9. The molecule has 1 aliphatic rings. The Balaban J connectivity index is 1.52. The second kappa shape index (κ2) is 6.79. The Morgan fingerprint density at radius 3 is 2.74 bits per heavy atom. The van der Waals surface area contributed by atoms with Crippen LogP contribution in [0.4, 0.5) is 10.1 Å². The van der Waals surface area contributed by atoms with E-state index in [4.69, 9.17) is 0 Å². The molecule has 1 aliphatic carbocycles. The maximum atomic E-state index is 12.8. The molecule has 1 atom stereocenters. The van der Waals surface area contributed by atoms with Gasteiger partial charge in [0.15, 0.2) is 0 Å². The standard InChI is InChI=1S/C18H19FN2O2/c19-14-6-4-12(5-7-14)10-21-18(23)11-20-17-3-1-2-13-8-15(22)9-16(13)17/h1-7,15,20,22H,8-11H2,(H,21,23). The molecular weight excluding hydrogens is 295 g/mol. The number of aliphatic hydroxyl groups excluding tert-OH is 1. The molecule has 4 nitrogen and oxygen atoms in total. The average Bonchev–Trinajstić information content (AvgIpc) is 2.93. The van der Waals surface area contributed by atoms with Crippen LogP contribution in [0.25, 0.3) is 0 Å². The van der Waals surface area contributed by atoms with Crippen molar-refractivity contribution in [1.29, 1.82) is 0 Å². The number of nitrogens with one attached hydrogen (secondary N) is 2. The Morgan fingerprint density at radius 2 is 1.96 bits per heavy atom. The van der Waals surface area contributed by atoms with E-state index >= 15 is 0 Å². The second-order valence-corrected chi connectivity index (χ2v) is 5.76. The van der Waals surface area contributed by atoms with E-state index in [1.165, 1.54) is 12.1 Å². The first-order valence-corrected chi connectivity index (χ1v) is 7.65. The van der Waals surface area contributed by atoms with E-state index in [2.05, 4.69) is 10.6 Å². The molecule has 0 fully saturated rings. The molecule has 120 valence electrons. The van der Waals surface area contributed by atoms with E-state index < -0.39 is 0 Å². The monoisotopic (exact) mass is 314 g/mol. The van der Waals surface area contributed by atoms with E-state index in [0.29, 0.717) is 19.4 Å². The third-order valence-corrected chi connectivity index (χ3v) is 4.01. The van der Waals surface area contributed by atoms with E-state index in [0.717, 1.165) is 22.4 Å². The van der Waals surface area contributed by atoms with Gasteiger partial charge in [-0.05, 0) is 41.3 Å². The van der Waals surface area contributed by atoms with Crippen molar-refractivity contribution in [2.24, 2.45) is 0 Å². The molecule has 0 radical (unpaired) electrons. The molecule has 2 aromatic carbocycles. The van der Waals surface area contributed by atoms with Crippen molar-refractivity contribution in [3.05, 3.63) is 65.0 Å². The topological polar surface area (TPSA) is 61.4 Å². The molecule has 0 saturated heterocycles. The van der Waals surface area contributed by atoms with Gasteiger partial charge in [-0.25, -0.2) is 4.39 Å². The number of carbonyl (C=O) groups excluding carboxylic acids is 1. The van der Waals surface area contributed by atoms with E-state index in [-0.39, 0.29) is 24.4 Å². The third kappa shape index (κ3) is 3.87. The summed E-state index contributed by atoms with van der Waals surface area (Å²) in [6.45, 7) is 0.528. The maximum absolute atomic E-state index is 12.8. The summed E-state index contributed by atoms with van der Waals surface area (Å²) < 4.78 is 12.8. The van der Waals surface area contributed by atoms with Crippen LogP contribution in [0, 0.1) is 5.82 Å². The Morgan fingerprint density at radius 1 is 1.17 bits per heavy atom. The first-order valence-electron chi connectivity index (χ1n) is 7.65. The number of benzene rings is 2. The van der Waals surface area contributed by atoms with Gasteiger partial charge in [0.2, 0.25) is 5.91 Å². The van der Waals surface area contributed by atoms with Gasteiger partial charge in [-0.2, -0.15) is 0 Å². The highest BCUT2D eigenvalue weighted by atomic mass is 19.1. The highest BCUT2D eigenvalue weighted by Gasteiger charge is 2.21. The van der Waals surface area contributed by atoms with Crippen LogP contribution in [-0.2, 0) is 24.2 Å². The van der Waals surface area contributed by atoms with Crippen molar-refractivity contribution < 1.29 is 14.3 Å². The fourth-order valence-corrected chi connectivity index (χ4v) is 2.84. The Bertz CT molecular complexity index is 701. The average molecular weight is 314 g/mol. The van der Waals surface area contributed by atoms with Gasteiger partial charge in [-0.15, -0.1) is 0 Å². The van der Waals surface area contributed by atoms with Gasteiger partial charge in [-0.1, -0.05) is 24.3 Å². The molecule has 0 spiro atoms. The SMILES string of the molecule is O=C(CNc1cccc2c1CC(O)C2)NCc1ccc(F)cc1. The van der Waals surface area contributed by atoms with Crippen LogP contribution < -0.4 is 10.6 Å². The van der Waals surface area contributed by atoms with Gasteiger partial charge in [-0.3, -0.25) is 4.79 Å². The lowest BCUT2D eigenvalue weighted by atomic mass is 10.1. The fourth-order valence-electron chi connectivity index (χ4n) is 2.84. The molecule has 3 N–H and O–H groups in total. The molecule has 3 rings (SSSR count). The number of amides is 1. The number of carbonyl (C=O) groups is 1. The van der Waals surface area contributed by atoms with E-state index in [1.54, 1.807) is 12.1 Å².